The Kier molecular flexibility index (Phi) is 14.9. The molecule has 4 aliphatic heterocycles. The summed E-state index contributed by atoms with van der Waals surface area (Å²) >= 11 is 0. The maximum Gasteiger partial charge on any atom is 0.410 e. The molecule has 4 saturated heterocycles. The van der Waals surface area contributed by atoms with Crippen LogP contribution in [0.1, 0.15) is 104 Å². The highest BCUT2D eigenvalue weighted by Crippen LogP contribution is 2.35. The van der Waals surface area contributed by atoms with Gasteiger partial charge in [-0.3, -0.25) is 19.3 Å². The second-order valence-corrected chi connectivity index (χ2v) is 18.0. The summed E-state index contributed by atoms with van der Waals surface area (Å²) in [4.78, 5) is 57.2. The summed E-state index contributed by atoms with van der Waals surface area (Å²) in [5.41, 5.74) is 8.28. The third kappa shape index (κ3) is 10.8. The number of nitrogens with one attached hydrogen (secondary N) is 2. The van der Waals surface area contributed by atoms with Crippen LogP contribution in [0.2, 0.25) is 0 Å². The molecule has 6 atom stereocenters. The number of piperidine rings is 2. The molecule has 4 amide bonds. The van der Waals surface area contributed by atoms with Gasteiger partial charge in [0.05, 0.1) is 49.6 Å². The van der Waals surface area contributed by atoms with E-state index in [2.05, 4.69) is 44.2 Å². The Balaban J connectivity index is 0.761. The van der Waals surface area contributed by atoms with Gasteiger partial charge in [-0.1, -0.05) is 42.7 Å². The quantitative estimate of drug-likeness (QED) is 0.137. The second kappa shape index (κ2) is 21.1. The zero-order valence-electron chi connectivity index (χ0n) is 37.6. The maximum absolute atomic E-state index is 14.4. The van der Waals surface area contributed by atoms with Gasteiger partial charge in [-0.15, -0.1) is 0 Å². The van der Waals surface area contributed by atoms with Crippen LogP contribution in [0.3, 0.4) is 0 Å². The van der Waals surface area contributed by atoms with Crippen LogP contribution >= 0.6 is 0 Å². The molecular formula is C50H59FN6O9. The average Bonchev–Trinajstić information content (AvgIpc) is 3.84. The van der Waals surface area contributed by atoms with E-state index < -0.39 is 54.4 Å². The number of nitrogens with two attached hydrogens (primary N) is 1. The number of methoxy groups -OCH3 is 1. The Hall–Kier alpha value is -5.94. The van der Waals surface area contributed by atoms with Crippen LogP contribution in [-0.4, -0.2) is 121 Å². The molecule has 2 unspecified atom stereocenters. The highest BCUT2D eigenvalue weighted by atomic mass is 19.1. The fraction of sp³-hybridized carbons (Fsp3) is 0.540. The van der Waals surface area contributed by atoms with Gasteiger partial charge in [0.2, 0.25) is 11.8 Å². The van der Waals surface area contributed by atoms with E-state index in [1.165, 1.54) is 12.0 Å². The zero-order valence-corrected chi connectivity index (χ0v) is 37.6. The molecule has 16 heteroatoms. The first-order valence-corrected chi connectivity index (χ1v) is 23.2. The van der Waals surface area contributed by atoms with Crippen molar-refractivity contribution >= 4 is 34.6 Å². The van der Waals surface area contributed by atoms with Crippen molar-refractivity contribution in [2.75, 3.05) is 46.5 Å². The Morgan fingerprint density at radius 3 is 2.50 bits per heavy atom. The number of aliphatic hydroxyl groups is 1. The summed E-state index contributed by atoms with van der Waals surface area (Å²) in [5, 5.41) is 16.7. The molecule has 3 aromatic rings. The van der Waals surface area contributed by atoms with Gasteiger partial charge >= 0.3 is 6.09 Å². The van der Waals surface area contributed by atoms with Crippen LogP contribution in [0.25, 0.3) is 10.8 Å². The monoisotopic (exact) mass is 906 g/mol. The summed E-state index contributed by atoms with van der Waals surface area (Å²) in [6.45, 7) is 5.86. The Morgan fingerprint density at radius 2 is 1.79 bits per heavy atom. The molecular weight excluding hydrogens is 848 g/mol. The highest BCUT2D eigenvalue weighted by Gasteiger charge is 2.43. The van der Waals surface area contributed by atoms with E-state index in [-0.39, 0.29) is 48.1 Å². The molecule has 5 heterocycles. The van der Waals surface area contributed by atoms with Gasteiger partial charge in [-0.25, -0.2) is 14.2 Å². The van der Waals surface area contributed by atoms with E-state index in [4.69, 9.17) is 24.7 Å². The van der Waals surface area contributed by atoms with E-state index >= 15 is 0 Å². The summed E-state index contributed by atoms with van der Waals surface area (Å²) in [6.07, 6.45) is 6.17. The molecule has 8 rings (SSSR count). The number of pyridine rings is 1. The third-order valence-corrected chi connectivity index (χ3v) is 13.8. The lowest BCUT2D eigenvalue weighted by molar-refractivity contribution is -0.129. The number of aromatic nitrogens is 1. The molecule has 5 aliphatic rings. The molecule has 0 bridgehead atoms. The highest BCUT2D eigenvalue weighted by molar-refractivity contribution is 6.03. The lowest BCUT2D eigenvalue weighted by Crippen LogP contribution is -2.55. The molecule has 5 fully saturated rings. The SMILES string of the molecule is CC[C@@H]1[C@H](F)C(=O)N[C@@H]1COc1ncc(C#CC2CCC(CN3CCC(OCCC#Cc4ccc([C@H]5CN(C6CCC(=O)NC6O)C(=O)O5)cc4)CC3)CC2)c2cc(C(N)=O)c(OC)cc12. The second-order valence-electron chi connectivity index (χ2n) is 18.0. The number of ether oxygens (including phenoxy) is 4. The number of cyclic esters (lactones) is 1. The standard InChI is InChI=1S/C50H59FN6O9/c1-3-36-40(54-48(61)45(36)51)29-65-49-38-25-42(63-2)39(46(52)59)24-37(38)34(26-53-49)16-13-31-7-9-32(10-8-31)27-56-21-19-35(20-22-56)64-23-5-4-6-30-11-14-33(15-12-30)43-28-57(50(62)66-43)41-17-18-44(58)55-47(41)60/h11-12,14-15,24-26,31-32,35-36,40-41,43,45,47,60H,3,5,7-10,17-23,27-29H2,1-2H3,(H2,52,59)(H,54,61)(H,55,58)/t31?,32?,36-,40+,41?,43+,45-,47?/m0/s1. The number of amides is 4. The number of carbonyl (C=O) groups is 4. The van der Waals surface area contributed by atoms with Gasteiger partial charge in [0, 0.05) is 66.8 Å². The predicted molar refractivity (Wildman–Crippen MR) is 242 cm³/mol. The van der Waals surface area contributed by atoms with Crippen LogP contribution in [0.4, 0.5) is 9.18 Å². The van der Waals surface area contributed by atoms with Crippen LogP contribution in [0.5, 0.6) is 11.6 Å². The number of alkyl halides is 1. The lowest BCUT2D eigenvalue weighted by atomic mass is 9.81. The van der Waals surface area contributed by atoms with E-state index in [1.54, 1.807) is 18.3 Å². The van der Waals surface area contributed by atoms with Crippen molar-refractivity contribution < 1.29 is 47.6 Å². The zero-order chi connectivity index (χ0) is 46.3. The van der Waals surface area contributed by atoms with Crippen molar-refractivity contribution in [1.29, 1.82) is 0 Å². The van der Waals surface area contributed by atoms with Crippen LogP contribution < -0.4 is 25.8 Å². The Bertz CT molecular complexity index is 2400. The van der Waals surface area contributed by atoms with Gasteiger partial charge < -0.3 is 45.3 Å². The fourth-order valence-corrected chi connectivity index (χ4v) is 9.95. The van der Waals surface area contributed by atoms with Crippen molar-refractivity contribution in [1.82, 2.24) is 25.4 Å². The number of fused-ring (bicyclic) bond motifs is 1. The minimum Gasteiger partial charge on any atom is -0.496 e. The number of likely N-dealkylation sites (tertiary alicyclic amines) is 1. The number of carbonyl (C=O) groups excluding carboxylic acids is 4. The van der Waals surface area contributed by atoms with E-state index in [0.29, 0.717) is 54.7 Å². The summed E-state index contributed by atoms with van der Waals surface area (Å²) in [5.74, 6) is 12.6. The largest absolute Gasteiger partial charge is 0.496 e. The molecule has 1 aromatic heterocycles. The third-order valence-electron chi connectivity index (χ3n) is 13.8. The molecule has 0 radical (unpaired) electrons. The van der Waals surface area contributed by atoms with Crippen LogP contribution in [0.15, 0.2) is 42.6 Å². The molecule has 1 aliphatic carbocycles. The number of halogens is 1. The molecule has 2 aromatic carbocycles. The van der Waals surface area contributed by atoms with Gasteiger partial charge in [-0.2, -0.15) is 0 Å². The molecule has 0 spiro atoms. The molecule has 1 saturated carbocycles. The minimum atomic E-state index is -1.58. The first-order chi connectivity index (χ1) is 32.0. The number of hydrogen-bond donors (Lipinski definition) is 4. The summed E-state index contributed by atoms with van der Waals surface area (Å²) < 4.78 is 37.8. The van der Waals surface area contributed by atoms with Crippen molar-refractivity contribution in [2.45, 2.75) is 108 Å². The number of hydrogen-bond acceptors (Lipinski definition) is 11. The van der Waals surface area contributed by atoms with Gasteiger partial charge in [0.25, 0.3) is 11.8 Å². The lowest BCUT2D eigenvalue weighted by Gasteiger charge is -2.36. The first-order valence-electron chi connectivity index (χ1n) is 23.2. The van der Waals surface area contributed by atoms with Crippen molar-refractivity contribution in [3.8, 4) is 35.3 Å². The average molecular weight is 907 g/mol. The normalized spacial score (nSPS) is 27.0. The predicted octanol–water partition coefficient (Wildman–Crippen LogP) is 4.75. The summed E-state index contributed by atoms with van der Waals surface area (Å²) in [6, 6.07) is 9.96. The fourth-order valence-electron chi connectivity index (χ4n) is 9.95. The number of benzene rings is 2. The Morgan fingerprint density at radius 1 is 1.02 bits per heavy atom. The number of nitrogens with zero attached hydrogens (tertiary/aromatic N) is 3. The Labute approximate surface area is 384 Å². The molecule has 350 valence electrons. The minimum absolute atomic E-state index is 0.0348. The first kappa shape index (κ1) is 46.6. The number of aliphatic hydroxyl groups excluding tert-OH is 1. The van der Waals surface area contributed by atoms with Crippen molar-refractivity contribution in [3.05, 3.63) is 64.8 Å². The molecule has 15 nitrogen and oxygen atoms in total. The topological polar surface area (TPSA) is 195 Å². The van der Waals surface area contributed by atoms with Crippen molar-refractivity contribution in [3.63, 3.8) is 0 Å². The van der Waals surface area contributed by atoms with Gasteiger partial charge in [0.15, 0.2) is 6.17 Å². The van der Waals surface area contributed by atoms with Gasteiger partial charge in [-0.05, 0) is 87.1 Å². The van der Waals surface area contributed by atoms with E-state index in [1.807, 2.05) is 31.2 Å². The smallest absolute Gasteiger partial charge is 0.410 e. The van der Waals surface area contributed by atoms with Crippen LogP contribution in [-0.2, 0) is 19.1 Å². The van der Waals surface area contributed by atoms with Crippen LogP contribution in [0, 0.1) is 41.4 Å². The van der Waals surface area contributed by atoms with Gasteiger partial charge in [0.1, 0.15) is 24.7 Å². The molecule has 66 heavy (non-hydrogen) atoms. The maximum atomic E-state index is 14.4. The van der Waals surface area contributed by atoms with Crippen molar-refractivity contribution in [2.24, 2.45) is 23.5 Å². The van der Waals surface area contributed by atoms with E-state index in [9.17, 15) is 28.7 Å². The molecule has 5 N–H and O–H groups in total. The summed E-state index contributed by atoms with van der Waals surface area (Å²) in [7, 11) is 1.45. The number of rotatable bonds is 13. The number of primary amides is 1. The van der Waals surface area contributed by atoms with E-state index in [0.717, 1.165) is 69.3 Å².